The molecule has 14 heteroatoms. The van der Waals surface area contributed by atoms with Crippen molar-refractivity contribution in [2.75, 3.05) is 25.4 Å². The van der Waals surface area contributed by atoms with Crippen LogP contribution >= 0.6 is 11.8 Å². The fourth-order valence-corrected chi connectivity index (χ4v) is 5.78. The predicted octanol–water partition coefficient (Wildman–Crippen LogP) is 0.912. The van der Waals surface area contributed by atoms with E-state index in [1.54, 1.807) is 18.6 Å². The Morgan fingerprint density at radius 3 is 2.40 bits per heavy atom. The number of pyridine rings is 2. The average Bonchev–Trinajstić information content (AvgIpc) is 2.98. The smallest absolute Gasteiger partial charge is 0.352 e. The zero-order valence-corrected chi connectivity index (χ0v) is 23.7. The minimum atomic E-state index is -1.29. The van der Waals surface area contributed by atoms with E-state index in [-0.39, 0.29) is 24.6 Å². The highest BCUT2D eigenvalue weighted by Crippen LogP contribution is 2.40. The lowest BCUT2D eigenvalue weighted by Crippen LogP contribution is -2.71. The van der Waals surface area contributed by atoms with E-state index in [4.69, 9.17) is 4.74 Å². The Labute approximate surface area is 246 Å². The van der Waals surface area contributed by atoms with Crippen LogP contribution in [0, 0.1) is 0 Å². The maximum absolute atomic E-state index is 12.8. The van der Waals surface area contributed by atoms with Gasteiger partial charge in [-0.1, -0.05) is 12.1 Å². The third-order valence-corrected chi connectivity index (χ3v) is 7.70. The normalized spacial score (nSPS) is 18.2. The van der Waals surface area contributed by atoms with Crippen molar-refractivity contribution >= 4 is 42.2 Å². The Balaban J connectivity index is 1.33. The number of β-lactam (4-membered cyclic amide) rings is 1. The van der Waals surface area contributed by atoms with Gasteiger partial charge in [0.25, 0.3) is 5.91 Å². The molecule has 2 aromatic rings. The second-order valence-corrected chi connectivity index (χ2v) is 10.6. The van der Waals surface area contributed by atoms with Crippen LogP contribution in [0.15, 0.2) is 77.0 Å². The minimum Gasteiger partial charge on any atom is -0.477 e. The van der Waals surface area contributed by atoms with Gasteiger partial charge in [0.2, 0.25) is 5.91 Å². The first-order valence-electron chi connectivity index (χ1n) is 13.0. The summed E-state index contributed by atoms with van der Waals surface area (Å²) in [4.78, 5) is 64.6. The number of carbonyl (C=O) groups is 4. The summed E-state index contributed by atoms with van der Waals surface area (Å²) in [7, 11) is 0. The summed E-state index contributed by atoms with van der Waals surface area (Å²) >= 11 is 1.29. The van der Waals surface area contributed by atoms with Gasteiger partial charge in [0, 0.05) is 56.5 Å². The number of fused-ring (bicyclic) bond motifs is 1. The zero-order chi connectivity index (χ0) is 30.1. The van der Waals surface area contributed by atoms with Crippen LogP contribution in [0.1, 0.15) is 18.3 Å². The number of thioether (sulfide) groups is 1. The summed E-state index contributed by atoms with van der Waals surface area (Å²) in [6, 6.07) is 10.5. The van der Waals surface area contributed by atoms with E-state index in [1.165, 1.54) is 18.7 Å². The number of nitrogens with zero attached hydrogens (tertiary/aromatic N) is 5. The van der Waals surface area contributed by atoms with Gasteiger partial charge < -0.3 is 20.5 Å². The molecule has 0 spiro atoms. The fourth-order valence-electron chi connectivity index (χ4n) is 4.45. The summed E-state index contributed by atoms with van der Waals surface area (Å²) in [5.74, 6) is -2.58. The average molecular weight is 594 g/mol. The molecule has 2 aromatic heterocycles. The molecule has 1 fully saturated rings. The maximum Gasteiger partial charge on any atom is 0.352 e. The summed E-state index contributed by atoms with van der Waals surface area (Å²) < 4.78 is 4.94. The van der Waals surface area contributed by atoms with E-state index < -0.39 is 35.2 Å². The number of carboxylic acid groups (broad SMARTS) is 1. The number of nitrogens with one attached hydrogen (secondary N) is 2. The summed E-state index contributed by atoms with van der Waals surface area (Å²) in [5, 5.41) is 14.7. The number of esters is 1. The highest BCUT2D eigenvalue weighted by Gasteiger charge is 2.54. The quantitative estimate of drug-likeness (QED) is 0.162. The predicted molar refractivity (Wildman–Crippen MR) is 155 cm³/mol. The van der Waals surface area contributed by atoms with Crippen molar-refractivity contribution in [1.29, 1.82) is 0 Å². The van der Waals surface area contributed by atoms with Crippen LogP contribution in [0.3, 0.4) is 0 Å². The molecule has 0 radical (unpaired) electrons. The molecular weight excluding hydrogens is 562 g/mol. The second-order valence-electron chi connectivity index (χ2n) is 9.45. The number of carbonyl (C=O) groups excluding carboxylic acids is 3. The zero-order valence-electron chi connectivity index (χ0n) is 22.9. The number of rotatable bonds is 14. The number of aliphatic carboxylic acids is 1. The summed E-state index contributed by atoms with van der Waals surface area (Å²) in [6.07, 6.45) is 5.05. The first-order valence-corrected chi connectivity index (χ1v) is 14.1. The lowest BCUT2D eigenvalue weighted by atomic mass is 10.0. The van der Waals surface area contributed by atoms with Crippen LogP contribution in [0.25, 0.3) is 0 Å². The highest BCUT2D eigenvalue weighted by atomic mass is 32.2. The molecule has 0 aromatic carbocycles. The number of amides is 2. The molecule has 0 saturated carbocycles. The molecule has 13 nitrogen and oxygen atoms in total. The molecule has 220 valence electrons. The van der Waals surface area contributed by atoms with Gasteiger partial charge in [-0.25, -0.2) is 4.79 Å². The molecule has 2 amide bonds. The van der Waals surface area contributed by atoms with Gasteiger partial charge in [-0.3, -0.25) is 39.1 Å². The summed E-state index contributed by atoms with van der Waals surface area (Å²) in [6.45, 7) is 6.00. The third kappa shape index (κ3) is 7.79. The SMILES string of the molecule is C=N/C(=C\NCC(=O)N[C@@H]1C(=O)N2C(C(=O)O)=C(COC(C)=O)CSC12)CN(Cc1ccccn1)Cc1ccccn1. The van der Waals surface area contributed by atoms with E-state index in [2.05, 4.69) is 37.2 Å². The number of ether oxygens (including phenoxy) is 1. The number of aliphatic imine (C=N–C) groups is 1. The van der Waals surface area contributed by atoms with Crippen molar-refractivity contribution in [3.8, 4) is 0 Å². The van der Waals surface area contributed by atoms with Crippen molar-refractivity contribution in [2.45, 2.75) is 31.4 Å². The van der Waals surface area contributed by atoms with Crippen LogP contribution < -0.4 is 10.6 Å². The molecule has 4 rings (SSSR count). The molecule has 0 aliphatic carbocycles. The standard InChI is InChI=1S/C28H31N7O6S/c1-18(36)41-16-19-17-42-27-24(26(38)35(27)25(19)28(39)40)33-23(37)12-30-11-22(29-2)15-34(13-20-7-3-5-9-31-20)14-21-8-4-6-10-32-21/h3-11,24,27,30H,2,12-17H2,1H3,(H,33,37)(H,39,40)/b22-11-/t24-,27?/m1/s1. The topological polar surface area (TPSA) is 166 Å². The number of carboxylic acids is 1. The molecule has 1 unspecified atom stereocenters. The molecule has 0 bridgehead atoms. The number of aromatic nitrogens is 2. The first-order chi connectivity index (χ1) is 20.3. The molecule has 42 heavy (non-hydrogen) atoms. The van der Waals surface area contributed by atoms with E-state index in [9.17, 15) is 24.3 Å². The molecule has 2 atom stereocenters. The van der Waals surface area contributed by atoms with Crippen molar-refractivity contribution < 1.29 is 29.0 Å². The van der Waals surface area contributed by atoms with E-state index in [0.717, 1.165) is 16.3 Å². The van der Waals surface area contributed by atoms with Gasteiger partial charge in [-0.2, -0.15) is 0 Å². The van der Waals surface area contributed by atoms with E-state index in [1.807, 2.05) is 36.4 Å². The summed E-state index contributed by atoms with van der Waals surface area (Å²) in [5.41, 5.74) is 2.46. The molecule has 4 heterocycles. The van der Waals surface area contributed by atoms with Crippen LogP contribution in [0.5, 0.6) is 0 Å². The van der Waals surface area contributed by atoms with Crippen molar-refractivity contribution in [3.05, 3.63) is 83.3 Å². The first kappa shape index (κ1) is 30.4. The molecule has 1 saturated heterocycles. The largest absolute Gasteiger partial charge is 0.477 e. The maximum atomic E-state index is 12.8. The molecule has 2 aliphatic rings. The third-order valence-electron chi connectivity index (χ3n) is 6.36. The lowest BCUT2D eigenvalue weighted by molar-refractivity contribution is -0.150. The van der Waals surface area contributed by atoms with E-state index in [0.29, 0.717) is 30.9 Å². The van der Waals surface area contributed by atoms with Crippen molar-refractivity contribution in [1.82, 2.24) is 30.4 Å². The number of hydrogen-bond donors (Lipinski definition) is 3. The number of hydrogen-bond acceptors (Lipinski definition) is 11. The molecular formula is C28H31N7O6S. The van der Waals surface area contributed by atoms with Gasteiger partial charge in [-0.15, -0.1) is 11.8 Å². The molecule has 3 N–H and O–H groups in total. The van der Waals surface area contributed by atoms with Gasteiger partial charge in [0.15, 0.2) is 0 Å². The van der Waals surface area contributed by atoms with Crippen LogP contribution in [-0.2, 0) is 37.0 Å². The van der Waals surface area contributed by atoms with Crippen LogP contribution in [0.2, 0.25) is 0 Å². The van der Waals surface area contributed by atoms with Crippen molar-refractivity contribution in [2.24, 2.45) is 4.99 Å². The Morgan fingerprint density at radius 2 is 1.86 bits per heavy atom. The Bertz CT molecular complexity index is 1340. The van der Waals surface area contributed by atoms with Gasteiger partial charge in [0.05, 0.1) is 23.6 Å². The highest BCUT2D eigenvalue weighted by molar-refractivity contribution is 8.00. The Morgan fingerprint density at radius 1 is 1.19 bits per heavy atom. The van der Waals surface area contributed by atoms with Gasteiger partial charge in [0.1, 0.15) is 23.7 Å². The van der Waals surface area contributed by atoms with Crippen LogP contribution in [-0.4, -0.2) is 92.2 Å². The fraction of sp³-hybridized carbons (Fsp3) is 0.321. The minimum absolute atomic E-state index is 0.139. The van der Waals surface area contributed by atoms with Gasteiger partial charge >= 0.3 is 11.9 Å². The van der Waals surface area contributed by atoms with Crippen molar-refractivity contribution in [3.63, 3.8) is 0 Å². The Kier molecular flexibility index (Phi) is 10.4. The monoisotopic (exact) mass is 593 g/mol. The van der Waals surface area contributed by atoms with Gasteiger partial charge in [-0.05, 0) is 31.0 Å². The van der Waals surface area contributed by atoms with Crippen LogP contribution in [0.4, 0.5) is 0 Å². The Hall–Kier alpha value is -4.56. The molecule has 2 aliphatic heterocycles. The second kappa shape index (κ2) is 14.4. The lowest BCUT2D eigenvalue weighted by Gasteiger charge is -2.49. The van der Waals surface area contributed by atoms with E-state index >= 15 is 0 Å².